The molecule has 0 radical (unpaired) electrons. The Morgan fingerprint density at radius 1 is 1.10 bits per heavy atom. The number of nitrogens with zero attached hydrogens (tertiary/aromatic N) is 2. The number of thiazole rings is 1. The summed E-state index contributed by atoms with van der Waals surface area (Å²) in [6, 6.07) is 10.7. The molecule has 0 bridgehead atoms. The fourth-order valence-electron chi connectivity index (χ4n) is 1.67. The maximum absolute atomic E-state index is 12.1. The number of halogens is 2. The molecule has 0 aliphatic rings. The smallest absolute Gasteiger partial charge is 0.260 e. The molecule has 3 rings (SSSR count). The molecule has 1 N–H and O–H groups in total. The zero-order valence-corrected chi connectivity index (χ0v) is 12.3. The summed E-state index contributed by atoms with van der Waals surface area (Å²) in [5, 5.41) is 3.53. The second kappa shape index (κ2) is 5.36. The molecule has 0 spiro atoms. The number of hydrogen-bond acceptors (Lipinski definition) is 4. The molecule has 1 amide bonds. The number of carbonyl (C=O) groups excluding carboxylic acids is 1. The molecule has 20 heavy (non-hydrogen) atoms. The Morgan fingerprint density at radius 3 is 2.65 bits per heavy atom. The van der Waals surface area contributed by atoms with Crippen molar-refractivity contribution in [3.63, 3.8) is 0 Å². The van der Waals surface area contributed by atoms with E-state index in [2.05, 4.69) is 15.3 Å². The van der Waals surface area contributed by atoms with Gasteiger partial charge in [0.1, 0.15) is 10.3 Å². The van der Waals surface area contributed by atoms with E-state index >= 15 is 0 Å². The standard InChI is InChI=1S/C13H7Cl2N3OS/c14-10-6-5-7(11(15)17-10)12(19)18-13-16-8-3-1-2-4-9(8)20-13/h1-6H,(H,16,18,19). The first-order chi connectivity index (χ1) is 9.63. The summed E-state index contributed by atoms with van der Waals surface area (Å²) in [7, 11) is 0. The number of fused-ring (bicyclic) bond motifs is 1. The molecule has 0 aliphatic carbocycles. The summed E-state index contributed by atoms with van der Waals surface area (Å²) in [5.41, 5.74) is 1.10. The van der Waals surface area contributed by atoms with Crippen LogP contribution in [0.1, 0.15) is 10.4 Å². The van der Waals surface area contributed by atoms with E-state index in [0.29, 0.717) is 5.13 Å². The van der Waals surface area contributed by atoms with Gasteiger partial charge < -0.3 is 0 Å². The van der Waals surface area contributed by atoms with Crippen molar-refractivity contribution in [1.82, 2.24) is 9.97 Å². The highest BCUT2D eigenvalue weighted by atomic mass is 35.5. The first-order valence-electron chi connectivity index (χ1n) is 5.62. The summed E-state index contributed by atoms with van der Waals surface area (Å²) >= 11 is 13.0. The predicted molar refractivity (Wildman–Crippen MR) is 81.8 cm³/mol. The molecule has 0 unspecified atom stereocenters. The van der Waals surface area contributed by atoms with Gasteiger partial charge in [-0.2, -0.15) is 0 Å². The number of amides is 1. The van der Waals surface area contributed by atoms with Gasteiger partial charge in [-0.1, -0.05) is 46.7 Å². The Bertz CT molecular complexity index is 770. The zero-order valence-electron chi connectivity index (χ0n) is 9.93. The lowest BCUT2D eigenvalue weighted by molar-refractivity contribution is 0.102. The van der Waals surface area contributed by atoms with Crippen LogP contribution >= 0.6 is 34.5 Å². The number of anilines is 1. The van der Waals surface area contributed by atoms with Crippen LogP contribution in [0.4, 0.5) is 5.13 Å². The summed E-state index contributed by atoms with van der Waals surface area (Å²) in [4.78, 5) is 20.3. The van der Waals surface area contributed by atoms with Crippen LogP contribution in [0.2, 0.25) is 10.3 Å². The fraction of sp³-hybridized carbons (Fsp3) is 0. The summed E-state index contributed by atoms with van der Waals surface area (Å²) in [6.07, 6.45) is 0. The molecule has 0 fully saturated rings. The second-order valence-electron chi connectivity index (χ2n) is 3.91. The molecule has 2 aromatic heterocycles. The average Bonchev–Trinajstić information content (AvgIpc) is 2.80. The van der Waals surface area contributed by atoms with Gasteiger partial charge in [0.2, 0.25) is 0 Å². The number of rotatable bonds is 2. The Hall–Kier alpha value is -1.69. The highest BCUT2D eigenvalue weighted by Gasteiger charge is 2.14. The molecule has 1 aromatic carbocycles. The number of hydrogen-bond donors (Lipinski definition) is 1. The van der Waals surface area contributed by atoms with Crippen molar-refractivity contribution in [2.45, 2.75) is 0 Å². The van der Waals surface area contributed by atoms with Crippen LogP contribution in [0.3, 0.4) is 0 Å². The summed E-state index contributed by atoms with van der Waals surface area (Å²) < 4.78 is 1.00. The van der Waals surface area contributed by atoms with E-state index in [9.17, 15) is 4.79 Å². The van der Waals surface area contributed by atoms with Gasteiger partial charge in [-0.05, 0) is 24.3 Å². The maximum Gasteiger partial charge on any atom is 0.260 e. The van der Waals surface area contributed by atoms with Crippen LogP contribution in [0.15, 0.2) is 36.4 Å². The monoisotopic (exact) mass is 323 g/mol. The Kier molecular flexibility index (Phi) is 3.56. The van der Waals surface area contributed by atoms with Crippen molar-refractivity contribution in [1.29, 1.82) is 0 Å². The minimum Gasteiger partial charge on any atom is -0.298 e. The third-order valence-electron chi connectivity index (χ3n) is 2.57. The molecule has 7 heteroatoms. The number of para-hydroxylation sites is 1. The molecule has 0 atom stereocenters. The Labute approximate surface area is 128 Å². The fourth-order valence-corrected chi connectivity index (χ4v) is 2.96. The van der Waals surface area contributed by atoms with Crippen LogP contribution < -0.4 is 5.32 Å². The third kappa shape index (κ3) is 2.60. The van der Waals surface area contributed by atoms with E-state index in [0.717, 1.165) is 10.2 Å². The second-order valence-corrected chi connectivity index (χ2v) is 5.69. The minimum absolute atomic E-state index is 0.0658. The van der Waals surface area contributed by atoms with E-state index in [1.54, 1.807) is 0 Å². The first-order valence-corrected chi connectivity index (χ1v) is 7.20. The molecule has 2 heterocycles. The highest BCUT2D eigenvalue weighted by Crippen LogP contribution is 2.26. The minimum atomic E-state index is -0.363. The summed E-state index contributed by atoms with van der Waals surface area (Å²) in [6.45, 7) is 0. The topological polar surface area (TPSA) is 54.9 Å². The Morgan fingerprint density at radius 2 is 1.90 bits per heavy atom. The van der Waals surface area contributed by atoms with Crippen molar-refractivity contribution in [2.75, 3.05) is 5.32 Å². The van der Waals surface area contributed by atoms with Crippen molar-refractivity contribution < 1.29 is 4.79 Å². The normalized spacial score (nSPS) is 10.7. The lowest BCUT2D eigenvalue weighted by atomic mass is 10.3. The van der Waals surface area contributed by atoms with Gasteiger partial charge in [0.05, 0.1) is 15.8 Å². The molecular weight excluding hydrogens is 317 g/mol. The SMILES string of the molecule is O=C(Nc1nc2ccccc2s1)c1ccc(Cl)nc1Cl. The molecule has 0 saturated heterocycles. The average molecular weight is 324 g/mol. The lowest BCUT2D eigenvalue weighted by Gasteiger charge is -2.03. The number of aromatic nitrogens is 2. The van der Waals surface area contributed by atoms with Crippen LogP contribution in [0.25, 0.3) is 10.2 Å². The van der Waals surface area contributed by atoms with Crippen LogP contribution in [-0.4, -0.2) is 15.9 Å². The van der Waals surface area contributed by atoms with E-state index < -0.39 is 0 Å². The third-order valence-corrected chi connectivity index (χ3v) is 4.02. The van der Waals surface area contributed by atoms with Gasteiger partial charge in [0.25, 0.3) is 5.91 Å². The van der Waals surface area contributed by atoms with Crippen LogP contribution in [0.5, 0.6) is 0 Å². The van der Waals surface area contributed by atoms with E-state index in [4.69, 9.17) is 23.2 Å². The highest BCUT2D eigenvalue weighted by molar-refractivity contribution is 7.22. The first kappa shape index (κ1) is 13.3. The van der Waals surface area contributed by atoms with Crippen LogP contribution in [-0.2, 0) is 0 Å². The number of carbonyl (C=O) groups is 1. The largest absolute Gasteiger partial charge is 0.298 e. The molecule has 4 nitrogen and oxygen atoms in total. The van der Waals surface area contributed by atoms with Gasteiger partial charge in [0, 0.05) is 0 Å². The predicted octanol–water partition coefficient (Wildman–Crippen LogP) is 4.25. The van der Waals surface area contributed by atoms with Crippen molar-refractivity contribution in [3.05, 3.63) is 52.3 Å². The number of benzene rings is 1. The van der Waals surface area contributed by atoms with Crippen molar-refractivity contribution in [3.8, 4) is 0 Å². The van der Waals surface area contributed by atoms with Gasteiger partial charge in [0.15, 0.2) is 5.13 Å². The molecule has 100 valence electrons. The van der Waals surface area contributed by atoms with E-state index in [1.165, 1.54) is 23.5 Å². The summed E-state index contributed by atoms with van der Waals surface area (Å²) in [5.74, 6) is -0.363. The van der Waals surface area contributed by atoms with Crippen LogP contribution in [0, 0.1) is 0 Å². The van der Waals surface area contributed by atoms with E-state index in [-0.39, 0.29) is 21.8 Å². The van der Waals surface area contributed by atoms with Gasteiger partial charge >= 0.3 is 0 Å². The van der Waals surface area contributed by atoms with Gasteiger partial charge in [-0.25, -0.2) is 9.97 Å². The molecule has 0 aliphatic heterocycles. The van der Waals surface area contributed by atoms with Gasteiger partial charge in [-0.15, -0.1) is 0 Å². The van der Waals surface area contributed by atoms with E-state index in [1.807, 2.05) is 24.3 Å². The molecule has 0 saturated carbocycles. The molecular formula is C13H7Cl2N3OS. The number of nitrogens with one attached hydrogen (secondary N) is 1. The Balaban J connectivity index is 1.88. The molecule has 3 aromatic rings. The number of pyridine rings is 1. The zero-order chi connectivity index (χ0) is 14.1. The van der Waals surface area contributed by atoms with Gasteiger partial charge in [-0.3, -0.25) is 10.1 Å². The quantitative estimate of drug-likeness (QED) is 0.717. The maximum atomic E-state index is 12.1. The van der Waals surface area contributed by atoms with Crippen molar-refractivity contribution >= 4 is 55.8 Å². The lowest BCUT2D eigenvalue weighted by Crippen LogP contribution is -2.12. The van der Waals surface area contributed by atoms with Crippen molar-refractivity contribution in [2.24, 2.45) is 0 Å².